The standard InChI is InChI=1S/C21H20ClN7/c1-14-25-10-15(11-26-14)4-6-24-21-18-12-29(7-5-19(18)27-13-28-21)20-3-2-17(22)8-16(20)9-23/h2-3,8,10-11,13H,4-7,12H2,1H3,(H,24,27,28). The fourth-order valence-corrected chi connectivity index (χ4v) is 3.62. The molecule has 0 fully saturated rings. The number of anilines is 2. The Morgan fingerprint density at radius 1 is 1.21 bits per heavy atom. The van der Waals surface area contributed by atoms with Gasteiger partial charge in [0.1, 0.15) is 24.0 Å². The molecule has 0 saturated heterocycles. The third kappa shape index (κ3) is 4.28. The molecule has 0 unspecified atom stereocenters. The molecule has 0 spiro atoms. The minimum atomic E-state index is 0.563. The Labute approximate surface area is 174 Å². The minimum absolute atomic E-state index is 0.563. The zero-order chi connectivity index (χ0) is 20.2. The number of rotatable bonds is 5. The van der Waals surface area contributed by atoms with Crippen LogP contribution in [0.3, 0.4) is 0 Å². The monoisotopic (exact) mass is 405 g/mol. The molecule has 0 aliphatic carbocycles. The number of nitrogens with one attached hydrogen (secondary N) is 1. The van der Waals surface area contributed by atoms with Crippen LogP contribution in [-0.4, -0.2) is 33.0 Å². The molecule has 0 bridgehead atoms. The molecule has 1 N–H and O–H groups in total. The molecule has 1 aromatic carbocycles. The number of benzene rings is 1. The van der Waals surface area contributed by atoms with Crippen LogP contribution < -0.4 is 10.2 Å². The molecule has 7 nitrogen and oxygen atoms in total. The van der Waals surface area contributed by atoms with Gasteiger partial charge in [-0.25, -0.2) is 19.9 Å². The van der Waals surface area contributed by atoms with Crippen LogP contribution in [0.15, 0.2) is 36.9 Å². The lowest BCUT2D eigenvalue weighted by Gasteiger charge is -2.31. The molecule has 1 aliphatic heterocycles. The number of aromatic nitrogens is 4. The Bertz CT molecular complexity index is 1060. The first-order chi connectivity index (χ1) is 14.1. The summed E-state index contributed by atoms with van der Waals surface area (Å²) in [6.07, 6.45) is 6.91. The summed E-state index contributed by atoms with van der Waals surface area (Å²) in [5.41, 5.74) is 4.65. The second-order valence-electron chi connectivity index (χ2n) is 6.91. The minimum Gasteiger partial charge on any atom is -0.369 e. The summed E-state index contributed by atoms with van der Waals surface area (Å²) in [4.78, 5) is 19.6. The molecule has 8 heteroatoms. The predicted molar refractivity (Wildman–Crippen MR) is 112 cm³/mol. The van der Waals surface area contributed by atoms with Crippen molar-refractivity contribution in [3.63, 3.8) is 0 Å². The van der Waals surface area contributed by atoms with E-state index in [1.807, 2.05) is 31.5 Å². The number of hydrogen-bond donors (Lipinski definition) is 1. The van der Waals surface area contributed by atoms with Gasteiger partial charge in [-0.1, -0.05) is 11.6 Å². The van der Waals surface area contributed by atoms with Crippen LogP contribution in [0.2, 0.25) is 5.02 Å². The fraction of sp³-hybridized carbons (Fsp3) is 0.286. The van der Waals surface area contributed by atoms with Gasteiger partial charge >= 0.3 is 0 Å². The topological polar surface area (TPSA) is 90.6 Å². The highest BCUT2D eigenvalue weighted by atomic mass is 35.5. The molecule has 1 aliphatic rings. The molecule has 0 radical (unpaired) electrons. The van der Waals surface area contributed by atoms with Gasteiger partial charge < -0.3 is 10.2 Å². The smallest absolute Gasteiger partial charge is 0.134 e. The van der Waals surface area contributed by atoms with E-state index in [1.165, 1.54) is 0 Å². The van der Waals surface area contributed by atoms with Gasteiger partial charge in [0.25, 0.3) is 0 Å². The van der Waals surface area contributed by atoms with Crippen LogP contribution in [-0.2, 0) is 19.4 Å². The first kappa shape index (κ1) is 19.1. The highest BCUT2D eigenvalue weighted by molar-refractivity contribution is 6.30. The molecular weight excluding hydrogens is 386 g/mol. The second kappa shape index (κ2) is 8.41. The number of fused-ring (bicyclic) bond motifs is 1. The van der Waals surface area contributed by atoms with E-state index in [1.54, 1.807) is 12.4 Å². The predicted octanol–water partition coefficient (Wildman–Crippen LogP) is 3.32. The number of nitrogens with zero attached hydrogens (tertiary/aromatic N) is 6. The molecule has 4 rings (SSSR count). The maximum absolute atomic E-state index is 9.48. The molecule has 0 amide bonds. The molecule has 3 aromatic rings. The Morgan fingerprint density at radius 2 is 2.03 bits per heavy atom. The number of hydrogen-bond acceptors (Lipinski definition) is 7. The maximum Gasteiger partial charge on any atom is 0.134 e. The lowest BCUT2D eigenvalue weighted by atomic mass is 10.0. The molecule has 0 atom stereocenters. The van der Waals surface area contributed by atoms with Crippen LogP contribution >= 0.6 is 11.6 Å². The van der Waals surface area contributed by atoms with Gasteiger partial charge in [-0.2, -0.15) is 5.26 Å². The molecule has 0 saturated carbocycles. The average Bonchev–Trinajstić information content (AvgIpc) is 2.75. The zero-order valence-electron chi connectivity index (χ0n) is 16.1. The van der Waals surface area contributed by atoms with E-state index in [4.69, 9.17) is 11.6 Å². The van der Waals surface area contributed by atoms with Crippen LogP contribution in [0.5, 0.6) is 0 Å². The first-order valence-corrected chi connectivity index (χ1v) is 9.80. The maximum atomic E-state index is 9.48. The number of nitriles is 1. The first-order valence-electron chi connectivity index (χ1n) is 9.43. The average molecular weight is 406 g/mol. The zero-order valence-corrected chi connectivity index (χ0v) is 16.8. The summed E-state index contributed by atoms with van der Waals surface area (Å²) >= 11 is 6.05. The van der Waals surface area contributed by atoms with E-state index >= 15 is 0 Å². The van der Waals surface area contributed by atoms with Gasteiger partial charge in [-0.05, 0) is 37.1 Å². The highest BCUT2D eigenvalue weighted by Gasteiger charge is 2.23. The van der Waals surface area contributed by atoms with Crippen molar-refractivity contribution in [1.29, 1.82) is 5.26 Å². The SMILES string of the molecule is Cc1ncc(CCNc2ncnc3c2CN(c2ccc(Cl)cc2C#N)CC3)cn1. The Kier molecular flexibility index (Phi) is 5.54. The third-order valence-electron chi connectivity index (χ3n) is 4.96. The third-order valence-corrected chi connectivity index (χ3v) is 5.20. The lowest BCUT2D eigenvalue weighted by Crippen LogP contribution is -2.32. The van der Waals surface area contributed by atoms with Crippen LogP contribution in [0.4, 0.5) is 11.5 Å². The number of aryl methyl sites for hydroxylation is 1. The van der Waals surface area contributed by atoms with Crippen molar-refractivity contribution in [1.82, 2.24) is 19.9 Å². The van der Waals surface area contributed by atoms with E-state index in [0.29, 0.717) is 17.1 Å². The molecule has 146 valence electrons. The van der Waals surface area contributed by atoms with E-state index in [-0.39, 0.29) is 0 Å². The van der Waals surface area contributed by atoms with Crippen molar-refractivity contribution in [2.24, 2.45) is 0 Å². The largest absolute Gasteiger partial charge is 0.369 e. The van der Waals surface area contributed by atoms with E-state index in [9.17, 15) is 5.26 Å². The lowest BCUT2D eigenvalue weighted by molar-refractivity contribution is 0.705. The van der Waals surface area contributed by atoms with Crippen molar-refractivity contribution >= 4 is 23.1 Å². The molecular formula is C21H20ClN7. The van der Waals surface area contributed by atoms with Crippen LogP contribution in [0.25, 0.3) is 0 Å². The second-order valence-corrected chi connectivity index (χ2v) is 7.34. The highest BCUT2D eigenvalue weighted by Crippen LogP contribution is 2.30. The van der Waals surface area contributed by atoms with Crippen molar-refractivity contribution in [3.8, 4) is 6.07 Å². The summed E-state index contributed by atoms with van der Waals surface area (Å²) in [7, 11) is 0. The number of halogens is 1. The Morgan fingerprint density at radius 3 is 2.83 bits per heavy atom. The summed E-state index contributed by atoms with van der Waals surface area (Å²) < 4.78 is 0. The van der Waals surface area contributed by atoms with Crippen LogP contribution in [0, 0.1) is 18.3 Å². The summed E-state index contributed by atoms with van der Waals surface area (Å²) in [5, 5.41) is 13.5. The van der Waals surface area contributed by atoms with E-state index < -0.39 is 0 Å². The van der Waals surface area contributed by atoms with Gasteiger partial charge in [0, 0.05) is 49.0 Å². The quantitative estimate of drug-likeness (QED) is 0.696. The van der Waals surface area contributed by atoms with Crippen LogP contribution in [0.1, 0.15) is 28.2 Å². The fourth-order valence-electron chi connectivity index (χ4n) is 3.45. The van der Waals surface area contributed by atoms with Gasteiger partial charge in [0.05, 0.1) is 16.9 Å². The molecule has 2 aromatic heterocycles. The summed E-state index contributed by atoms with van der Waals surface area (Å²) in [5.74, 6) is 1.60. The molecule has 3 heterocycles. The normalized spacial score (nSPS) is 12.9. The van der Waals surface area contributed by atoms with E-state index in [0.717, 1.165) is 60.1 Å². The van der Waals surface area contributed by atoms with Gasteiger partial charge in [-0.15, -0.1) is 0 Å². The van der Waals surface area contributed by atoms with Crippen molar-refractivity contribution in [2.45, 2.75) is 26.3 Å². The van der Waals surface area contributed by atoms with Gasteiger partial charge in [0.15, 0.2) is 0 Å². The summed E-state index contributed by atoms with van der Waals surface area (Å²) in [6, 6.07) is 7.67. The Balaban J connectivity index is 1.50. The van der Waals surface area contributed by atoms with Crippen molar-refractivity contribution in [3.05, 3.63) is 70.2 Å². The van der Waals surface area contributed by atoms with Gasteiger partial charge in [-0.3, -0.25) is 0 Å². The van der Waals surface area contributed by atoms with Crippen molar-refractivity contribution in [2.75, 3.05) is 23.3 Å². The Hall–Kier alpha value is -3.24. The van der Waals surface area contributed by atoms with Crippen molar-refractivity contribution < 1.29 is 0 Å². The van der Waals surface area contributed by atoms with Gasteiger partial charge in [0.2, 0.25) is 0 Å². The molecule has 29 heavy (non-hydrogen) atoms. The summed E-state index contributed by atoms with van der Waals surface area (Å²) in [6.45, 7) is 4.03. The van der Waals surface area contributed by atoms with E-state index in [2.05, 4.69) is 36.2 Å².